The number of benzene rings is 1. The fourth-order valence-corrected chi connectivity index (χ4v) is 2.84. The maximum atomic E-state index is 12.1. The van der Waals surface area contributed by atoms with E-state index < -0.39 is 0 Å². The minimum absolute atomic E-state index is 0.250. The van der Waals surface area contributed by atoms with Crippen LogP contribution in [0.5, 0.6) is 0 Å². The van der Waals surface area contributed by atoms with Crippen molar-refractivity contribution in [1.29, 1.82) is 0 Å². The average molecular weight is 326 g/mol. The summed E-state index contributed by atoms with van der Waals surface area (Å²) in [5, 5.41) is 5.29. The molecule has 1 amide bonds. The fourth-order valence-electron chi connectivity index (χ4n) is 2.03. The Hall–Kier alpha value is -2.80. The lowest BCUT2D eigenvalue weighted by Crippen LogP contribution is -2.31. The second-order valence-electron chi connectivity index (χ2n) is 4.76. The monoisotopic (exact) mass is 326 g/mol. The molecule has 6 nitrogen and oxygen atoms in total. The molecule has 2 heterocycles. The molecule has 2 aromatic heterocycles. The lowest BCUT2D eigenvalue weighted by atomic mass is 10.2. The highest BCUT2D eigenvalue weighted by Gasteiger charge is 2.11. The SMILES string of the molecule is O=C(NCCn1cccnc1=O)c1csc(-c2ccccc2)n1. The Balaban J connectivity index is 1.60. The quantitative estimate of drug-likeness (QED) is 0.775. The molecular weight excluding hydrogens is 312 g/mol. The van der Waals surface area contributed by atoms with Gasteiger partial charge < -0.3 is 5.32 Å². The van der Waals surface area contributed by atoms with Crippen molar-refractivity contribution in [2.45, 2.75) is 6.54 Å². The molecule has 116 valence electrons. The van der Waals surface area contributed by atoms with Crippen LogP contribution in [0.1, 0.15) is 10.5 Å². The lowest BCUT2D eigenvalue weighted by Gasteiger charge is -2.05. The Morgan fingerprint density at radius 3 is 2.83 bits per heavy atom. The van der Waals surface area contributed by atoms with Gasteiger partial charge >= 0.3 is 5.69 Å². The van der Waals surface area contributed by atoms with Crippen molar-refractivity contribution in [3.05, 3.63) is 70.4 Å². The van der Waals surface area contributed by atoms with Crippen LogP contribution in [-0.2, 0) is 6.54 Å². The minimum Gasteiger partial charge on any atom is -0.349 e. The Morgan fingerprint density at radius 1 is 1.22 bits per heavy atom. The molecule has 3 aromatic rings. The van der Waals surface area contributed by atoms with Gasteiger partial charge in [-0.15, -0.1) is 11.3 Å². The van der Waals surface area contributed by atoms with Gasteiger partial charge in [0.25, 0.3) is 5.91 Å². The first-order valence-electron chi connectivity index (χ1n) is 7.04. The lowest BCUT2D eigenvalue weighted by molar-refractivity contribution is 0.0948. The molecule has 0 aliphatic carbocycles. The Morgan fingerprint density at radius 2 is 2.04 bits per heavy atom. The number of rotatable bonds is 5. The summed E-state index contributed by atoms with van der Waals surface area (Å²) in [6.07, 6.45) is 3.08. The van der Waals surface area contributed by atoms with Gasteiger partial charge in [-0.3, -0.25) is 9.36 Å². The maximum Gasteiger partial charge on any atom is 0.347 e. The van der Waals surface area contributed by atoms with E-state index in [1.807, 2.05) is 30.3 Å². The third-order valence-electron chi connectivity index (χ3n) is 3.18. The van der Waals surface area contributed by atoms with E-state index >= 15 is 0 Å². The van der Waals surface area contributed by atoms with E-state index in [0.717, 1.165) is 10.6 Å². The number of thiazole rings is 1. The number of aromatic nitrogens is 3. The zero-order valence-corrected chi connectivity index (χ0v) is 13.0. The van der Waals surface area contributed by atoms with Crippen molar-refractivity contribution in [1.82, 2.24) is 19.9 Å². The van der Waals surface area contributed by atoms with Gasteiger partial charge in [0, 0.05) is 36.4 Å². The van der Waals surface area contributed by atoms with Gasteiger partial charge in [-0.2, -0.15) is 0 Å². The van der Waals surface area contributed by atoms with Gasteiger partial charge in [-0.1, -0.05) is 30.3 Å². The first-order valence-corrected chi connectivity index (χ1v) is 7.92. The van der Waals surface area contributed by atoms with Crippen LogP contribution in [0.15, 0.2) is 59.0 Å². The van der Waals surface area contributed by atoms with Crippen LogP contribution >= 0.6 is 11.3 Å². The highest BCUT2D eigenvalue weighted by Crippen LogP contribution is 2.23. The van der Waals surface area contributed by atoms with Crippen molar-refractivity contribution >= 4 is 17.2 Å². The van der Waals surface area contributed by atoms with E-state index in [2.05, 4.69) is 15.3 Å². The Bertz CT molecular complexity index is 858. The summed E-state index contributed by atoms with van der Waals surface area (Å²) in [4.78, 5) is 31.6. The zero-order chi connectivity index (χ0) is 16.1. The molecule has 23 heavy (non-hydrogen) atoms. The maximum absolute atomic E-state index is 12.1. The molecule has 0 radical (unpaired) electrons. The van der Waals surface area contributed by atoms with Gasteiger partial charge in [0.05, 0.1) is 0 Å². The summed E-state index contributed by atoms with van der Waals surface area (Å²) in [7, 11) is 0. The molecule has 1 N–H and O–H groups in total. The summed E-state index contributed by atoms with van der Waals surface area (Å²) in [5.41, 5.74) is 1.03. The van der Waals surface area contributed by atoms with E-state index in [4.69, 9.17) is 0 Å². The normalized spacial score (nSPS) is 10.4. The second-order valence-corrected chi connectivity index (χ2v) is 5.61. The number of hydrogen-bond donors (Lipinski definition) is 1. The van der Waals surface area contributed by atoms with Crippen LogP contribution < -0.4 is 11.0 Å². The van der Waals surface area contributed by atoms with Crippen LogP contribution in [0.25, 0.3) is 10.6 Å². The van der Waals surface area contributed by atoms with Crippen molar-refractivity contribution < 1.29 is 4.79 Å². The molecule has 0 spiro atoms. The molecule has 7 heteroatoms. The predicted molar refractivity (Wildman–Crippen MR) is 88.4 cm³/mol. The number of amides is 1. The van der Waals surface area contributed by atoms with Gasteiger partial charge in [-0.25, -0.2) is 14.8 Å². The average Bonchev–Trinajstić information content (AvgIpc) is 3.07. The summed E-state index contributed by atoms with van der Waals surface area (Å²) in [6, 6.07) is 11.4. The van der Waals surface area contributed by atoms with Crippen molar-refractivity contribution in [3.63, 3.8) is 0 Å². The molecule has 0 aliphatic rings. The van der Waals surface area contributed by atoms with Crippen molar-refractivity contribution in [2.24, 2.45) is 0 Å². The summed E-state index contributed by atoms with van der Waals surface area (Å²) >= 11 is 1.43. The molecular formula is C16H14N4O2S. The zero-order valence-electron chi connectivity index (χ0n) is 12.2. The number of nitrogens with one attached hydrogen (secondary N) is 1. The van der Waals surface area contributed by atoms with Gasteiger partial charge in [-0.05, 0) is 6.07 Å². The van der Waals surface area contributed by atoms with Crippen LogP contribution in [-0.4, -0.2) is 27.0 Å². The van der Waals surface area contributed by atoms with E-state index in [0.29, 0.717) is 18.8 Å². The van der Waals surface area contributed by atoms with E-state index in [-0.39, 0.29) is 11.6 Å². The molecule has 0 saturated heterocycles. The largest absolute Gasteiger partial charge is 0.349 e. The second kappa shape index (κ2) is 6.97. The van der Waals surface area contributed by atoms with Crippen molar-refractivity contribution in [2.75, 3.05) is 6.54 Å². The van der Waals surface area contributed by atoms with Crippen LogP contribution in [0.3, 0.4) is 0 Å². The topological polar surface area (TPSA) is 76.9 Å². The third kappa shape index (κ3) is 3.70. The standard InChI is InChI=1S/C16H14N4O2S/c21-14(17-8-10-20-9-4-7-18-16(20)22)13-11-23-15(19-13)12-5-2-1-3-6-12/h1-7,9,11H,8,10H2,(H,17,21). The molecule has 1 aromatic carbocycles. The molecule has 0 atom stereocenters. The first kappa shape index (κ1) is 15.1. The molecule has 0 bridgehead atoms. The fraction of sp³-hybridized carbons (Fsp3) is 0.125. The van der Waals surface area contributed by atoms with E-state index in [1.165, 1.54) is 22.1 Å². The highest BCUT2D eigenvalue weighted by molar-refractivity contribution is 7.13. The van der Waals surface area contributed by atoms with Gasteiger partial charge in [0.2, 0.25) is 0 Å². The number of hydrogen-bond acceptors (Lipinski definition) is 5. The van der Waals surface area contributed by atoms with Gasteiger partial charge in [0.15, 0.2) is 0 Å². The van der Waals surface area contributed by atoms with Gasteiger partial charge in [0.1, 0.15) is 10.7 Å². The Labute approximate surface area is 136 Å². The van der Waals surface area contributed by atoms with Crippen LogP contribution in [0.4, 0.5) is 0 Å². The minimum atomic E-state index is -0.332. The molecule has 0 saturated carbocycles. The molecule has 3 rings (SSSR count). The van der Waals surface area contributed by atoms with E-state index in [9.17, 15) is 9.59 Å². The van der Waals surface area contributed by atoms with Crippen LogP contribution in [0, 0.1) is 0 Å². The number of carbonyl (C=O) groups excluding carboxylic acids is 1. The van der Waals surface area contributed by atoms with Crippen LogP contribution in [0.2, 0.25) is 0 Å². The molecule has 0 unspecified atom stereocenters. The summed E-state index contributed by atoms with van der Waals surface area (Å²) in [6.45, 7) is 0.705. The first-order chi connectivity index (χ1) is 11.2. The summed E-state index contributed by atoms with van der Waals surface area (Å²) in [5.74, 6) is -0.250. The smallest absolute Gasteiger partial charge is 0.347 e. The number of carbonyl (C=O) groups is 1. The molecule has 0 fully saturated rings. The molecule has 0 aliphatic heterocycles. The predicted octanol–water partition coefficient (Wildman–Crippen LogP) is 1.80. The van der Waals surface area contributed by atoms with Crippen molar-refractivity contribution in [3.8, 4) is 10.6 Å². The Kier molecular flexibility index (Phi) is 4.58. The highest BCUT2D eigenvalue weighted by atomic mass is 32.1. The third-order valence-corrected chi connectivity index (χ3v) is 4.07. The number of nitrogens with zero attached hydrogens (tertiary/aromatic N) is 3. The summed E-state index contributed by atoms with van der Waals surface area (Å²) < 4.78 is 1.44. The van der Waals surface area contributed by atoms with E-state index in [1.54, 1.807) is 17.6 Å².